The molecule has 0 saturated heterocycles. The van der Waals surface area contributed by atoms with Crippen LogP contribution in [0.2, 0.25) is 0 Å². The van der Waals surface area contributed by atoms with Crippen molar-refractivity contribution in [2.75, 3.05) is 19.7 Å². The fourth-order valence-electron chi connectivity index (χ4n) is 1.88. The minimum Gasteiger partial charge on any atom is -0.494 e. The van der Waals surface area contributed by atoms with Crippen molar-refractivity contribution in [2.24, 2.45) is 5.73 Å². The van der Waals surface area contributed by atoms with Crippen LogP contribution in [0.4, 0.5) is 0 Å². The predicted molar refractivity (Wildman–Crippen MR) is 77.2 cm³/mol. The molecule has 3 nitrogen and oxygen atoms in total. The molecule has 0 fully saturated rings. The number of nitrogens with one attached hydrogen (secondary N) is 1. The van der Waals surface area contributed by atoms with Crippen LogP contribution in [-0.2, 0) is 5.41 Å². The van der Waals surface area contributed by atoms with E-state index in [1.54, 1.807) is 0 Å². The maximum Gasteiger partial charge on any atom is 0.119 e. The van der Waals surface area contributed by atoms with E-state index in [2.05, 4.69) is 31.3 Å². The molecule has 0 radical (unpaired) electrons. The molecule has 0 bridgehead atoms. The van der Waals surface area contributed by atoms with Crippen molar-refractivity contribution in [1.82, 2.24) is 5.32 Å². The lowest BCUT2D eigenvalue weighted by Crippen LogP contribution is -2.38. The van der Waals surface area contributed by atoms with Gasteiger partial charge in [-0.05, 0) is 31.5 Å². The highest BCUT2D eigenvalue weighted by Gasteiger charge is 2.20. The van der Waals surface area contributed by atoms with Crippen molar-refractivity contribution in [3.63, 3.8) is 0 Å². The Hall–Kier alpha value is -1.06. The second-order valence-electron chi connectivity index (χ2n) is 5.45. The first-order valence-corrected chi connectivity index (χ1v) is 6.65. The first kappa shape index (κ1) is 15.0. The van der Waals surface area contributed by atoms with Gasteiger partial charge in [0.15, 0.2) is 0 Å². The van der Waals surface area contributed by atoms with E-state index in [4.69, 9.17) is 10.5 Å². The van der Waals surface area contributed by atoms with E-state index >= 15 is 0 Å². The van der Waals surface area contributed by atoms with Crippen LogP contribution in [0.3, 0.4) is 0 Å². The van der Waals surface area contributed by atoms with Crippen molar-refractivity contribution >= 4 is 0 Å². The van der Waals surface area contributed by atoms with Gasteiger partial charge in [-0.2, -0.15) is 0 Å². The molecule has 0 amide bonds. The monoisotopic (exact) mass is 250 g/mol. The highest BCUT2D eigenvalue weighted by Crippen LogP contribution is 2.24. The van der Waals surface area contributed by atoms with Crippen molar-refractivity contribution in [3.05, 3.63) is 29.8 Å². The number of hydrogen-bond acceptors (Lipinski definition) is 3. The molecule has 1 aromatic rings. The van der Waals surface area contributed by atoms with Crippen LogP contribution in [0.25, 0.3) is 0 Å². The number of ether oxygens (including phenoxy) is 1. The van der Waals surface area contributed by atoms with Gasteiger partial charge < -0.3 is 15.8 Å². The van der Waals surface area contributed by atoms with Crippen molar-refractivity contribution in [2.45, 2.75) is 39.2 Å². The lowest BCUT2D eigenvalue weighted by Gasteiger charge is -2.26. The summed E-state index contributed by atoms with van der Waals surface area (Å²) in [5.41, 5.74) is 7.14. The van der Waals surface area contributed by atoms with Gasteiger partial charge >= 0.3 is 0 Å². The highest BCUT2D eigenvalue weighted by atomic mass is 16.5. The van der Waals surface area contributed by atoms with E-state index in [9.17, 15) is 0 Å². The zero-order valence-electron chi connectivity index (χ0n) is 12.0. The maximum absolute atomic E-state index is 5.73. The molecule has 1 unspecified atom stereocenters. The number of hydrogen-bond donors (Lipinski definition) is 2. The molecule has 0 aromatic heterocycles. The van der Waals surface area contributed by atoms with Gasteiger partial charge in [0.1, 0.15) is 5.75 Å². The molecule has 0 aliphatic rings. The Morgan fingerprint density at radius 2 is 1.89 bits per heavy atom. The Balaban J connectivity index is 2.60. The number of rotatable bonds is 7. The van der Waals surface area contributed by atoms with Crippen LogP contribution in [0.5, 0.6) is 5.75 Å². The summed E-state index contributed by atoms with van der Waals surface area (Å²) in [7, 11) is 0. The van der Waals surface area contributed by atoms with Crippen LogP contribution < -0.4 is 15.8 Å². The smallest absolute Gasteiger partial charge is 0.119 e. The highest BCUT2D eigenvalue weighted by molar-refractivity contribution is 5.31. The Morgan fingerprint density at radius 3 is 2.39 bits per heavy atom. The molecule has 0 aliphatic carbocycles. The molecule has 102 valence electrons. The molecule has 0 saturated carbocycles. The third-order valence-corrected chi connectivity index (χ3v) is 2.98. The molecule has 0 aliphatic heterocycles. The Kier molecular flexibility index (Phi) is 5.63. The molecule has 0 heterocycles. The maximum atomic E-state index is 5.73. The topological polar surface area (TPSA) is 47.3 Å². The summed E-state index contributed by atoms with van der Waals surface area (Å²) in [6, 6.07) is 8.54. The number of benzene rings is 1. The molecule has 1 rings (SSSR count). The van der Waals surface area contributed by atoms with E-state index in [0.29, 0.717) is 6.61 Å². The molecule has 3 N–H and O–H groups in total. The fraction of sp³-hybridized carbons (Fsp3) is 0.600. The lowest BCUT2D eigenvalue weighted by molar-refractivity contribution is 0.340. The lowest BCUT2D eigenvalue weighted by atomic mass is 9.84. The van der Waals surface area contributed by atoms with Gasteiger partial charge in [-0.3, -0.25) is 0 Å². The molecular weight excluding hydrogens is 224 g/mol. The zero-order chi connectivity index (χ0) is 13.6. The van der Waals surface area contributed by atoms with Crippen molar-refractivity contribution in [1.29, 1.82) is 0 Å². The van der Waals surface area contributed by atoms with Gasteiger partial charge in [0.05, 0.1) is 6.61 Å². The van der Waals surface area contributed by atoms with Gasteiger partial charge in [0, 0.05) is 24.5 Å². The Morgan fingerprint density at radius 1 is 1.28 bits per heavy atom. The largest absolute Gasteiger partial charge is 0.494 e. The van der Waals surface area contributed by atoms with Crippen LogP contribution in [-0.4, -0.2) is 25.7 Å². The standard InChI is InChI=1S/C15H26N2O/c1-5-18-14-8-6-13(7-9-14)15(3,4)11-17-10-12(2)16/h6-9,12,17H,5,10-11,16H2,1-4H3. The summed E-state index contributed by atoms with van der Waals surface area (Å²) < 4.78 is 5.45. The van der Waals surface area contributed by atoms with E-state index in [0.717, 1.165) is 18.8 Å². The van der Waals surface area contributed by atoms with Crippen LogP contribution >= 0.6 is 0 Å². The van der Waals surface area contributed by atoms with E-state index in [1.165, 1.54) is 5.56 Å². The molecule has 3 heteroatoms. The summed E-state index contributed by atoms with van der Waals surface area (Å²) in [6.45, 7) is 10.9. The zero-order valence-corrected chi connectivity index (χ0v) is 12.0. The summed E-state index contributed by atoms with van der Waals surface area (Å²) in [4.78, 5) is 0. The average molecular weight is 250 g/mol. The Bertz CT molecular complexity index is 344. The van der Waals surface area contributed by atoms with Crippen LogP contribution in [0.15, 0.2) is 24.3 Å². The molecular formula is C15H26N2O. The van der Waals surface area contributed by atoms with E-state index < -0.39 is 0 Å². The first-order valence-electron chi connectivity index (χ1n) is 6.65. The van der Waals surface area contributed by atoms with Gasteiger partial charge in [-0.15, -0.1) is 0 Å². The van der Waals surface area contributed by atoms with Crippen LogP contribution in [0, 0.1) is 0 Å². The second kappa shape index (κ2) is 6.76. The minimum atomic E-state index is 0.0969. The summed E-state index contributed by atoms with van der Waals surface area (Å²) in [6.07, 6.45) is 0. The van der Waals surface area contributed by atoms with Gasteiger partial charge in [-0.1, -0.05) is 26.0 Å². The third kappa shape index (κ3) is 4.67. The van der Waals surface area contributed by atoms with Crippen LogP contribution in [0.1, 0.15) is 33.3 Å². The SMILES string of the molecule is CCOc1ccc(C(C)(C)CNCC(C)N)cc1. The van der Waals surface area contributed by atoms with E-state index in [1.807, 2.05) is 26.0 Å². The fourth-order valence-corrected chi connectivity index (χ4v) is 1.88. The normalized spacial score (nSPS) is 13.4. The van der Waals surface area contributed by atoms with Gasteiger partial charge in [0.25, 0.3) is 0 Å². The summed E-state index contributed by atoms with van der Waals surface area (Å²) >= 11 is 0. The molecule has 1 aromatic carbocycles. The first-order chi connectivity index (χ1) is 8.45. The number of nitrogens with two attached hydrogens (primary N) is 1. The average Bonchev–Trinajstić information content (AvgIpc) is 2.29. The summed E-state index contributed by atoms with van der Waals surface area (Å²) in [5, 5.41) is 3.41. The quantitative estimate of drug-likeness (QED) is 0.780. The van der Waals surface area contributed by atoms with Gasteiger partial charge in [-0.25, -0.2) is 0 Å². The third-order valence-electron chi connectivity index (χ3n) is 2.98. The Labute approximate surface area is 111 Å². The van der Waals surface area contributed by atoms with E-state index in [-0.39, 0.29) is 11.5 Å². The van der Waals surface area contributed by atoms with Crippen molar-refractivity contribution in [3.8, 4) is 5.75 Å². The second-order valence-corrected chi connectivity index (χ2v) is 5.45. The summed E-state index contributed by atoms with van der Waals surface area (Å²) in [5.74, 6) is 0.931. The molecule has 0 spiro atoms. The predicted octanol–water partition coefficient (Wildman–Crippen LogP) is 2.30. The molecule has 1 atom stereocenters. The van der Waals surface area contributed by atoms with Crippen molar-refractivity contribution < 1.29 is 4.74 Å². The van der Waals surface area contributed by atoms with Gasteiger partial charge in [0.2, 0.25) is 0 Å². The minimum absolute atomic E-state index is 0.0969. The molecule has 18 heavy (non-hydrogen) atoms.